The summed E-state index contributed by atoms with van der Waals surface area (Å²) in [4.78, 5) is 24.4. The number of benzene rings is 2. The van der Waals surface area contributed by atoms with E-state index < -0.39 is 17.5 Å². The van der Waals surface area contributed by atoms with Crippen molar-refractivity contribution in [3.05, 3.63) is 40.8 Å². The lowest BCUT2D eigenvalue weighted by molar-refractivity contribution is 0.0636. The number of carbonyl (C=O) groups excluding carboxylic acids is 1. The number of nitrogens with one attached hydrogen (secondary N) is 1. The average molecular weight is 696 g/mol. The first kappa shape index (κ1) is 37.4. The number of ether oxygens (including phenoxy) is 2. The number of fused-ring (bicyclic) bond motifs is 4. The molecule has 1 amide bonds. The van der Waals surface area contributed by atoms with Crippen LogP contribution in [-0.2, 0) is 22.7 Å². The number of aliphatic hydroxyl groups excluding tert-OH is 1. The number of thiophene rings is 1. The van der Waals surface area contributed by atoms with Crippen LogP contribution < -0.4 is 15.5 Å². The van der Waals surface area contributed by atoms with Gasteiger partial charge in [0.05, 0.1) is 24.3 Å². The van der Waals surface area contributed by atoms with Gasteiger partial charge in [-0.3, -0.25) is 5.32 Å². The number of hydrogen-bond donors (Lipinski definition) is 2. The van der Waals surface area contributed by atoms with E-state index in [-0.39, 0.29) is 5.56 Å². The number of nitriles is 1. The highest BCUT2D eigenvalue weighted by molar-refractivity contribution is 7.29. The van der Waals surface area contributed by atoms with Crippen molar-refractivity contribution in [3.63, 3.8) is 0 Å². The average Bonchev–Trinajstić information content (AvgIpc) is 3.77. The first-order valence-electron chi connectivity index (χ1n) is 16.4. The van der Waals surface area contributed by atoms with Gasteiger partial charge in [0, 0.05) is 58.3 Å². The van der Waals surface area contributed by atoms with Crippen molar-refractivity contribution in [2.24, 2.45) is 11.8 Å². The van der Waals surface area contributed by atoms with Crippen LogP contribution in [0, 0.1) is 29.0 Å². The Bertz CT molecular complexity index is 1830. The van der Waals surface area contributed by atoms with Gasteiger partial charge in [0.25, 0.3) is 0 Å². The number of aromatic nitrogens is 2. The number of amides is 1. The zero-order valence-corrected chi connectivity index (χ0v) is 31.1. The van der Waals surface area contributed by atoms with E-state index >= 15 is 4.39 Å². The minimum absolute atomic E-state index is 0.187. The molecule has 2 aliphatic rings. The van der Waals surface area contributed by atoms with Crippen LogP contribution in [0.4, 0.5) is 20.1 Å². The molecule has 2 atom stereocenters. The van der Waals surface area contributed by atoms with Gasteiger partial charge in [0.15, 0.2) is 0 Å². The maximum Gasteiger partial charge on any atom is 0.412 e. The molecule has 1 saturated heterocycles. The van der Waals surface area contributed by atoms with Crippen molar-refractivity contribution in [2.75, 3.05) is 30.4 Å². The van der Waals surface area contributed by atoms with Gasteiger partial charge in [0.1, 0.15) is 22.5 Å². The van der Waals surface area contributed by atoms with Crippen molar-refractivity contribution in [1.29, 1.82) is 5.26 Å². The summed E-state index contributed by atoms with van der Waals surface area (Å²) >= 11 is 1.21. The van der Waals surface area contributed by atoms with Crippen LogP contribution in [-0.4, -0.2) is 47.0 Å². The number of carbonyl (C=O) groups is 1. The predicted molar refractivity (Wildman–Crippen MR) is 197 cm³/mol. The first-order valence-corrected chi connectivity index (χ1v) is 17.7. The van der Waals surface area contributed by atoms with Crippen molar-refractivity contribution in [3.8, 4) is 17.2 Å². The molecule has 6 rings (SSSR count). The van der Waals surface area contributed by atoms with Crippen LogP contribution >= 0.6 is 20.6 Å². The Labute approximate surface area is 289 Å². The molecule has 12 heteroatoms. The number of rotatable bonds is 5. The fourth-order valence-electron chi connectivity index (χ4n) is 6.11. The summed E-state index contributed by atoms with van der Waals surface area (Å²) in [5, 5.41) is 22.3. The van der Waals surface area contributed by atoms with Crippen LogP contribution in [0.2, 0.25) is 0 Å². The van der Waals surface area contributed by atoms with E-state index in [4.69, 9.17) is 19.6 Å². The Morgan fingerprint density at radius 3 is 2.56 bits per heavy atom. The second kappa shape index (κ2) is 15.9. The second-order valence-corrected chi connectivity index (χ2v) is 15.2. The molecule has 4 heterocycles. The molecular formula is C36H47FN5O4PS. The van der Waals surface area contributed by atoms with Crippen LogP contribution in [0.25, 0.3) is 32.1 Å². The van der Waals surface area contributed by atoms with Gasteiger partial charge in [0.2, 0.25) is 5.95 Å². The third-order valence-electron chi connectivity index (χ3n) is 8.14. The normalized spacial score (nSPS) is 15.5. The van der Waals surface area contributed by atoms with Crippen molar-refractivity contribution in [2.45, 2.75) is 86.5 Å². The SMILES string of the molecule is CCCC(C)C.CO.C[C@H]1CCN(c2ncc3c4c(c(-c5c(F)ccc6sc(NC(=O)OC(C)(C)C)c(C#N)c56)c(P)c3n2)COC4)C1. The molecule has 0 spiro atoms. The van der Waals surface area contributed by atoms with Crippen molar-refractivity contribution >= 4 is 63.9 Å². The number of aliphatic hydroxyl groups is 1. The predicted octanol–water partition coefficient (Wildman–Crippen LogP) is 8.30. The molecule has 0 bridgehead atoms. The van der Waals surface area contributed by atoms with Crippen LogP contribution in [0.15, 0.2) is 18.3 Å². The van der Waals surface area contributed by atoms with Gasteiger partial charge in [-0.15, -0.1) is 20.6 Å². The largest absolute Gasteiger partial charge is 0.444 e. The lowest BCUT2D eigenvalue weighted by Crippen LogP contribution is -2.27. The van der Waals surface area contributed by atoms with Crippen molar-refractivity contribution in [1.82, 2.24) is 9.97 Å². The Hall–Kier alpha value is -3.42. The van der Waals surface area contributed by atoms with Crippen LogP contribution in [0.3, 0.4) is 0 Å². The van der Waals surface area contributed by atoms with E-state index in [1.165, 1.54) is 30.2 Å². The van der Waals surface area contributed by atoms with Crippen LogP contribution in [0.1, 0.15) is 84.4 Å². The molecule has 0 radical (unpaired) electrons. The summed E-state index contributed by atoms with van der Waals surface area (Å²) in [6.45, 7) is 16.7. The number of hydrogen-bond acceptors (Lipinski definition) is 9. The summed E-state index contributed by atoms with van der Waals surface area (Å²) in [5.41, 5.74) is 2.91. The molecular weight excluding hydrogens is 648 g/mol. The summed E-state index contributed by atoms with van der Waals surface area (Å²) < 4.78 is 27.9. The quantitative estimate of drug-likeness (QED) is 0.200. The summed E-state index contributed by atoms with van der Waals surface area (Å²) in [5.74, 6) is 1.65. The minimum Gasteiger partial charge on any atom is -0.444 e. The van der Waals surface area contributed by atoms with E-state index in [2.05, 4.69) is 58.2 Å². The molecule has 0 aliphatic carbocycles. The van der Waals surface area contributed by atoms with Crippen LogP contribution in [0.5, 0.6) is 0 Å². The minimum atomic E-state index is -0.710. The smallest absolute Gasteiger partial charge is 0.412 e. The zero-order chi connectivity index (χ0) is 35.3. The monoisotopic (exact) mass is 695 g/mol. The molecule has 0 saturated carbocycles. The highest BCUT2D eigenvalue weighted by atomic mass is 32.1. The Balaban J connectivity index is 0.000000588. The molecule has 9 nitrogen and oxygen atoms in total. The van der Waals surface area contributed by atoms with Gasteiger partial charge in [-0.05, 0) is 62.3 Å². The van der Waals surface area contributed by atoms with Crippen molar-refractivity contribution < 1.29 is 23.8 Å². The summed E-state index contributed by atoms with van der Waals surface area (Å²) in [7, 11) is 3.76. The Morgan fingerprint density at radius 1 is 1.27 bits per heavy atom. The number of halogens is 1. The molecule has 1 fully saturated rings. The Kier molecular flexibility index (Phi) is 12.4. The molecule has 2 aliphatic heterocycles. The Morgan fingerprint density at radius 2 is 1.98 bits per heavy atom. The molecule has 2 aromatic heterocycles. The molecule has 1 unspecified atom stereocenters. The van der Waals surface area contributed by atoms with Gasteiger partial charge in [-0.1, -0.05) is 40.5 Å². The highest BCUT2D eigenvalue weighted by Crippen LogP contribution is 2.45. The zero-order valence-electron chi connectivity index (χ0n) is 29.2. The molecule has 2 N–H and O–H groups in total. The standard InChI is InChI=1S/C29H29FN5O3PS.C6H14.CH4O/c1-14-7-8-35(11-14)27-32-10-16-17-12-37-13-18(17)22(25(39)24(16)33-27)23-19(30)5-6-20-21(23)15(9-31)26(40-20)34-28(36)38-29(2,3)4;1-4-5-6(2)3;1-2/h5-6,10,14H,7-8,11-13,39H2,1-4H3,(H,34,36);6H,4-5H2,1-3H3;2H,1H3/t14-;;/m0../s1. The maximum absolute atomic E-state index is 15.9. The van der Waals surface area contributed by atoms with Gasteiger partial charge >= 0.3 is 6.09 Å². The van der Waals surface area contributed by atoms with E-state index in [1.54, 1.807) is 26.8 Å². The molecule has 258 valence electrons. The molecule has 4 aromatic rings. The van der Waals surface area contributed by atoms with Gasteiger partial charge in [-0.2, -0.15) is 5.26 Å². The third kappa shape index (κ3) is 8.06. The van der Waals surface area contributed by atoms with Gasteiger partial charge in [-0.25, -0.2) is 19.2 Å². The first-order chi connectivity index (χ1) is 22.8. The highest BCUT2D eigenvalue weighted by Gasteiger charge is 2.30. The van der Waals surface area contributed by atoms with Gasteiger partial charge < -0.3 is 19.5 Å². The van der Waals surface area contributed by atoms with E-state index in [9.17, 15) is 10.1 Å². The second-order valence-electron chi connectivity index (χ2n) is 13.5. The molecule has 48 heavy (non-hydrogen) atoms. The third-order valence-corrected chi connectivity index (χ3v) is 9.77. The topological polar surface area (TPSA) is 121 Å². The van der Waals surface area contributed by atoms with E-state index in [0.29, 0.717) is 56.8 Å². The van der Waals surface area contributed by atoms with E-state index in [0.717, 1.165) is 54.4 Å². The summed E-state index contributed by atoms with van der Waals surface area (Å²) in [6, 6.07) is 5.24. The molecule has 2 aromatic carbocycles. The number of nitrogens with zero attached hydrogens (tertiary/aromatic N) is 4. The maximum atomic E-state index is 15.9. The fraction of sp³-hybridized carbons (Fsp3) is 0.500. The fourth-order valence-corrected chi connectivity index (χ4v) is 7.69. The lowest BCUT2D eigenvalue weighted by Gasteiger charge is -2.20. The number of anilines is 2. The summed E-state index contributed by atoms with van der Waals surface area (Å²) in [6.07, 6.45) is 4.96. The van der Waals surface area contributed by atoms with E-state index in [1.807, 2.05) is 6.20 Å². The lowest BCUT2D eigenvalue weighted by atomic mass is 9.91.